The van der Waals surface area contributed by atoms with Crippen LogP contribution in [0, 0.1) is 6.92 Å². The summed E-state index contributed by atoms with van der Waals surface area (Å²) in [6.07, 6.45) is 5.99. The maximum absolute atomic E-state index is 5.76. The third kappa shape index (κ3) is 1.50. The van der Waals surface area contributed by atoms with E-state index in [-0.39, 0.29) is 0 Å². The van der Waals surface area contributed by atoms with Gasteiger partial charge in [-0.15, -0.1) is 0 Å². The van der Waals surface area contributed by atoms with Crippen molar-refractivity contribution >= 4 is 27.4 Å². The zero-order chi connectivity index (χ0) is 10.1. The number of nitrogen functional groups attached to an aromatic ring is 1. The molecular formula is C10H12BrN3. The van der Waals surface area contributed by atoms with E-state index in [1.54, 1.807) is 6.20 Å². The Balaban J connectivity index is 2.39. The van der Waals surface area contributed by atoms with Crippen molar-refractivity contribution in [1.82, 2.24) is 4.98 Å². The molecule has 0 bridgehead atoms. The number of halogens is 1. The van der Waals surface area contributed by atoms with Crippen molar-refractivity contribution in [3.05, 3.63) is 28.4 Å². The van der Waals surface area contributed by atoms with Crippen molar-refractivity contribution in [3.63, 3.8) is 0 Å². The summed E-state index contributed by atoms with van der Waals surface area (Å²) in [5.74, 6) is 0.974. The van der Waals surface area contributed by atoms with Crippen LogP contribution >= 0.6 is 15.9 Å². The van der Waals surface area contributed by atoms with E-state index in [0.717, 1.165) is 34.6 Å². The lowest BCUT2D eigenvalue weighted by Gasteiger charge is -2.19. The summed E-state index contributed by atoms with van der Waals surface area (Å²) in [5.41, 5.74) is 7.55. The van der Waals surface area contributed by atoms with Gasteiger partial charge in [-0.3, -0.25) is 0 Å². The van der Waals surface area contributed by atoms with Crippen molar-refractivity contribution in [2.75, 3.05) is 23.7 Å². The number of hydrogen-bond acceptors (Lipinski definition) is 3. The van der Waals surface area contributed by atoms with Crippen LogP contribution in [0.3, 0.4) is 0 Å². The van der Waals surface area contributed by atoms with Gasteiger partial charge in [-0.05, 0) is 28.4 Å². The monoisotopic (exact) mass is 253 g/mol. The van der Waals surface area contributed by atoms with Gasteiger partial charge in [0.05, 0.1) is 16.4 Å². The minimum atomic E-state index is 0.729. The first-order valence-electron chi connectivity index (χ1n) is 4.50. The van der Waals surface area contributed by atoms with Crippen LogP contribution in [0.15, 0.2) is 22.8 Å². The molecule has 14 heavy (non-hydrogen) atoms. The number of aromatic nitrogens is 1. The summed E-state index contributed by atoms with van der Waals surface area (Å²) in [7, 11) is 0. The van der Waals surface area contributed by atoms with E-state index in [4.69, 9.17) is 5.73 Å². The normalized spacial score (nSPS) is 15.1. The second-order valence-corrected chi connectivity index (χ2v) is 4.15. The second-order valence-electron chi connectivity index (χ2n) is 3.35. The zero-order valence-electron chi connectivity index (χ0n) is 8.00. The molecule has 1 aliphatic heterocycles. The first kappa shape index (κ1) is 9.52. The van der Waals surface area contributed by atoms with Crippen molar-refractivity contribution in [3.8, 4) is 0 Å². The van der Waals surface area contributed by atoms with Crippen LogP contribution in [-0.2, 0) is 0 Å². The molecule has 74 valence electrons. The number of nitrogens with zero attached hydrogens (tertiary/aromatic N) is 2. The van der Waals surface area contributed by atoms with Crippen molar-refractivity contribution in [2.24, 2.45) is 0 Å². The molecule has 0 aromatic carbocycles. The fourth-order valence-corrected chi connectivity index (χ4v) is 2.03. The summed E-state index contributed by atoms with van der Waals surface area (Å²) in [6.45, 7) is 3.85. The molecule has 4 heteroatoms. The molecule has 0 radical (unpaired) electrons. The van der Waals surface area contributed by atoms with Gasteiger partial charge in [0, 0.05) is 13.1 Å². The maximum Gasteiger partial charge on any atom is 0.143 e. The highest BCUT2D eigenvalue weighted by molar-refractivity contribution is 9.10. The topological polar surface area (TPSA) is 42.1 Å². The summed E-state index contributed by atoms with van der Waals surface area (Å²) in [4.78, 5) is 6.53. The predicted octanol–water partition coefficient (Wildman–Crippen LogP) is 2.11. The SMILES string of the molecule is Cc1c(N)cnc(N2CC=CC2)c1Br. The average molecular weight is 254 g/mol. The first-order chi connectivity index (χ1) is 6.70. The Morgan fingerprint density at radius 2 is 2.07 bits per heavy atom. The highest BCUT2D eigenvalue weighted by Crippen LogP contribution is 2.30. The highest BCUT2D eigenvalue weighted by Gasteiger charge is 2.14. The maximum atomic E-state index is 5.76. The Hall–Kier alpha value is -1.03. The molecule has 2 heterocycles. The lowest BCUT2D eigenvalue weighted by Crippen LogP contribution is -2.20. The van der Waals surface area contributed by atoms with Crippen LogP contribution in [0.4, 0.5) is 11.5 Å². The Kier molecular flexibility index (Phi) is 2.46. The molecule has 1 aromatic rings. The fourth-order valence-electron chi connectivity index (χ4n) is 1.45. The van der Waals surface area contributed by atoms with Gasteiger partial charge in [-0.25, -0.2) is 4.98 Å². The molecule has 0 spiro atoms. The second kappa shape index (κ2) is 3.61. The Morgan fingerprint density at radius 1 is 1.43 bits per heavy atom. The summed E-state index contributed by atoms with van der Waals surface area (Å²) < 4.78 is 1.00. The molecule has 1 aromatic heterocycles. The standard InChI is InChI=1S/C10H12BrN3/c1-7-8(12)6-13-10(9(7)11)14-4-2-3-5-14/h2-3,6H,4-5,12H2,1H3. The number of nitrogens with two attached hydrogens (primary N) is 1. The average Bonchev–Trinajstić information content (AvgIpc) is 2.67. The fraction of sp³-hybridized carbons (Fsp3) is 0.300. The lowest BCUT2D eigenvalue weighted by atomic mass is 10.2. The molecule has 0 saturated carbocycles. The molecule has 2 N–H and O–H groups in total. The van der Waals surface area contributed by atoms with Gasteiger partial charge in [-0.1, -0.05) is 12.2 Å². The van der Waals surface area contributed by atoms with E-state index in [2.05, 4.69) is 38.0 Å². The smallest absolute Gasteiger partial charge is 0.143 e. The van der Waals surface area contributed by atoms with Crippen LogP contribution in [0.5, 0.6) is 0 Å². The Morgan fingerprint density at radius 3 is 2.71 bits per heavy atom. The molecule has 0 saturated heterocycles. The molecule has 0 amide bonds. The quantitative estimate of drug-likeness (QED) is 0.780. The van der Waals surface area contributed by atoms with Crippen molar-refractivity contribution < 1.29 is 0 Å². The van der Waals surface area contributed by atoms with Crippen LogP contribution in [0.2, 0.25) is 0 Å². The molecule has 2 rings (SSSR count). The van der Waals surface area contributed by atoms with Crippen LogP contribution in [0.1, 0.15) is 5.56 Å². The van der Waals surface area contributed by atoms with Crippen LogP contribution in [0.25, 0.3) is 0 Å². The zero-order valence-corrected chi connectivity index (χ0v) is 9.58. The summed E-state index contributed by atoms with van der Waals surface area (Å²) in [6, 6.07) is 0. The van der Waals surface area contributed by atoms with Crippen LogP contribution in [-0.4, -0.2) is 18.1 Å². The predicted molar refractivity (Wildman–Crippen MR) is 62.4 cm³/mol. The van der Waals surface area contributed by atoms with Gasteiger partial charge in [0.1, 0.15) is 5.82 Å². The van der Waals surface area contributed by atoms with Crippen molar-refractivity contribution in [2.45, 2.75) is 6.92 Å². The molecular weight excluding hydrogens is 242 g/mol. The summed E-state index contributed by atoms with van der Waals surface area (Å²) in [5, 5.41) is 0. The molecule has 0 fully saturated rings. The van der Waals surface area contributed by atoms with Gasteiger partial charge < -0.3 is 10.6 Å². The number of hydrogen-bond donors (Lipinski definition) is 1. The number of anilines is 2. The van der Waals surface area contributed by atoms with Crippen molar-refractivity contribution in [1.29, 1.82) is 0 Å². The van der Waals surface area contributed by atoms with E-state index in [9.17, 15) is 0 Å². The third-order valence-corrected chi connectivity index (χ3v) is 3.35. The molecule has 0 aliphatic carbocycles. The van der Waals surface area contributed by atoms with E-state index in [1.807, 2.05) is 6.92 Å². The third-order valence-electron chi connectivity index (χ3n) is 2.40. The molecule has 1 aliphatic rings. The minimum Gasteiger partial charge on any atom is -0.397 e. The van der Waals surface area contributed by atoms with Gasteiger partial charge in [0.15, 0.2) is 0 Å². The molecule has 3 nitrogen and oxygen atoms in total. The van der Waals surface area contributed by atoms with Gasteiger partial charge in [0.25, 0.3) is 0 Å². The van der Waals surface area contributed by atoms with Gasteiger partial charge in [0.2, 0.25) is 0 Å². The summed E-state index contributed by atoms with van der Waals surface area (Å²) >= 11 is 3.53. The molecule has 0 atom stereocenters. The highest BCUT2D eigenvalue weighted by atomic mass is 79.9. The number of rotatable bonds is 1. The van der Waals surface area contributed by atoms with E-state index in [1.165, 1.54) is 0 Å². The Bertz CT molecular complexity index is 379. The lowest BCUT2D eigenvalue weighted by molar-refractivity contribution is 0.960. The van der Waals surface area contributed by atoms with E-state index >= 15 is 0 Å². The van der Waals surface area contributed by atoms with E-state index in [0.29, 0.717) is 0 Å². The number of pyridine rings is 1. The minimum absolute atomic E-state index is 0.729. The largest absolute Gasteiger partial charge is 0.397 e. The molecule has 0 unspecified atom stereocenters. The van der Waals surface area contributed by atoms with E-state index < -0.39 is 0 Å². The van der Waals surface area contributed by atoms with Gasteiger partial charge >= 0.3 is 0 Å². The Labute approximate surface area is 91.7 Å². The van der Waals surface area contributed by atoms with Crippen LogP contribution < -0.4 is 10.6 Å². The van der Waals surface area contributed by atoms with Gasteiger partial charge in [-0.2, -0.15) is 0 Å². The first-order valence-corrected chi connectivity index (χ1v) is 5.30.